The molecule has 4 heterocycles. The molecule has 2 aromatic carbocycles. The summed E-state index contributed by atoms with van der Waals surface area (Å²) in [5.74, 6) is 2.39. The smallest absolute Gasteiger partial charge is 0.231 e. The Morgan fingerprint density at radius 1 is 1.06 bits per heavy atom. The van der Waals surface area contributed by atoms with Crippen molar-refractivity contribution >= 4 is 10.8 Å². The first-order chi connectivity index (χ1) is 14.7. The Bertz CT molecular complexity index is 1170. The number of fused-ring (bicyclic) bond motifs is 5. The Balaban J connectivity index is 0.00000204. The van der Waals surface area contributed by atoms with E-state index in [2.05, 4.69) is 33.9 Å². The summed E-state index contributed by atoms with van der Waals surface area (Å²) in [4.78, 5) is 2.48. The van der Waals surface area contributed by atoms with E-state index in [1.165, 1.54) is 29.5 Å². The second-order valence-corrected chi connectivity index (χ2v) is 8.36. The minimum absolute atomic E-state index is 0. The molecular weight excluding hydrogens is 416 g/mol. The van der Waals surface area contributed by atoms with Crippen LogP contribution in [0.5, 0.6) is 23.0 Å². The summed E-state index contributed by atoms with van der Waals surface area (Å²) in [6, 6.07) is 8.43. The number of halogens is 1. The largest absolute Gasteiger partial charge is 1.00 e. The van der Waals surface area contributed by atoms with Crippen LogP contribution in [0.15, 0.2) is 30.5 Å². The first kappa shape index (κ1) is 20.2. The van der Waals surface area contributed by atoms with Gasteiger partial charge in [0.05, 0.1) is 18.1 Å². The van der Waals surface area contributed by atoms with Crippen molar-refractivity contribution < 1.29 is 36.3 Å². The van der Waals surface area contributed by atoms with E-state index in [-0.39, 0.29) is 24.9 Å². The van der Waals surface area contributed by atoms with Gasteiger partial charge in [0, 0.05) is 24.4 Å². The van der Waals surface area contributed by atoms with Crippen molar-refractivity contribution in [3.8, 4) is 34.3 Å². The van der Waals surface area contributed by atoms with Crippen LogP contribution in [0.1, 0.15) is 24.0 Å². The molecule has 162 valence electrons. The number of benzene rings is 2. The van der Waals surface area contributed by atoms with Gasteiger partial charge >= 0.3 is 0 Å². The summed E-state index contributed by atoms with van der Waals surface area (Å²) < 4.78 is 18.9. The number of aromatic nitrogens is 1. The molecule has 0 radical (unpaired) electrons. The van der Waals surface area contributed by atoms with Crippen LogP contribution in [0, 0.1) is 0 Å². The first-order valence-electron chi connectivity index (χ1n) is 10.6. The SMILES string of the molecule is COc1cc(CN2CCCC2)c2cc3[n+](cc2c1O)CCc1cc2c(cc1-3)OCO2.[Cl-]. The highest BCUT2D eigenvalue weighted by molar-refractivity contribution is 5.94. The molecule has 0 saturated carbocycles. The predicted octanol–water partition coefficient (Wildman–Crippen LogP) is 0.393. The molecule has 31 heavy (non-hydrogen) atoms. The van der Waals surface area contributed by atoms with Gasteiger partial charge in [0.2, 0.25) is 12.5 Å². The number of aryl methyl sites for hydroxylation is 2. The van der Waals surface area contributed by atoms with E-state index in [0.717, 1.165) is 60.6 Å². The van der Waals surface area contributed by atoms with Gasteiger partial charge in [-0.2, -0.15) is 4.57 Å². The number of hydrogen-bond acceptors (Lipinski definition) is 5. The van der Waals surface area contributed by atoms with Gasteiger partial charge in [0.25, 0.3) is 0 Å². The lowest BCUT2D eigenvalue weighted by Crippen LogP contribution is -3.00. The zero-order valence-electron chi connectivity index (χ0n) is 17.5. The van der Waals surface area contributed by atoms with Crippen molar-refractivity contribution in [2.75, 3.05) is 27.0 Å². The predicted molar refractivity (Wildman–Crippen MR) is 112 cm³/mol. The van der Waals surface area contributed by atoms with E-state index in [9.17, 15) is 5.11 Å². The fourth-order valence-corrected chi connectivity index (χ4v) is 5.04. The zero-order valence-corrected chi connectivity index (χ0v) is 18.2. The molecule has 3 aliphatic heterocycles. The van der Waals surface area contributed by atoms with E-state index in [1.807, 2.05) is 6.07 Å². The highest BCUT2D eigenvalue weighted by atomic mass is 35.5. The van der Waals surface area contributed by atoms with Crippen LogP contribution in [0.4, 0.5) is 0 Å². The second-order valence-electron chi connectivity index (χ2n) is 8.36. The number of rotatable bonds is 3. The summed E-state index contributed by atoms with van der Waals surface area (Å²) in [5, 5.41) is 12.8. The molecular formula is C24H25ClN2O4. The highest BCUT2D eigenvalue weighted by Gasteiger charge is 2.29. The second kappa shape index (κ2) is 7.77. The molecule has 0 atom stereocenters. The van der Waals surface area contributed by atoms with Crippen LogP contribution in [0.3, 0.4) is 0 Å². The minimum Gasteiger partial charge on any atom is -1.00 e. The quantitative estimate of drug-likeness (QED) is 0.597. The number of nitrogens with zero attached hydrogens (tertiary/aromatic N) is 2. The number of aromatic hydroxyl groups is 1. The van der Waals surface area contributed by atoms with Crippen molar-refractivity contribution in [3.63, 3.8) is 0 Å². The maximum Gasteiger partial charge on any atom is 0.231 e. The molecule has 0 spiro atoms. The van der Waals surface area contributed by atoms with Crippen LogP contribution >= 0.6 is 0 Å². The number of likely N-dealkylation sites (tertiary alicyclic amines) is 1. The molecule has 0 bridgehead atoms. The Labute approximate surface area is 187 Å². The van der Waals surface area contributed by atoms with Gasteiger partial charge in [-0.25, -0.2) is 0 Å². The Kier molecular flexibility index (Phi) is 5.07. The minimum atomic E-state index is 0. The third kappa shape index (κ3) is 3.25. The molecule has 0 unspecified atom stereocenters. The van der Waals surface area contributed by atoms with Gasteiger partial charge in [-0.1, -0.05) is 0 Å². The average molecular weight is 441 g/mol. The molecule has 0 aliphatic carbocycles. The monoisotopic (exact) mass is 440 g/mol. The average Bonchev–Trinajstić information content (AvgIpc) is 3.44. The summed E-state index contributed by atoms with van der Waals surface area (Å²) in [6.45, 7) is 4.25. The van der Waals surface area contributed by atoms with Crippen molar-refractivity contribution in [2.45, 2.75) is 32.4 Å². The maximum atomic E-state index is 10.9. The molecule has 1 N–H and O–H groups in total. The van der Waals surface area contributed by atoms with Gasteiger partial charge in [-0.15, -0.1) is 0 Å². The van der Waals surface area contributed by atoms with Crippen molar-refractivity contribution in [3.05, 3.63) is 41.6 Å². The molecule has 1 fully saturated rings. The van der Waals surface area contributed by atoms with Gasteiger partial charge in [-0.05, 0) is 55.3 Å². The fourth-order valence-electron chi connectivity index (χ4n) is 5.04. The Hall–Kier alpha value is -2.70. The lowest BCUT2D eigenvalue weighted by molar-refractivity contribution is -0.686. The van der Waals surface area contributed by atoms with Crippen LogP contribution in [0.25, 0.3) is 22.0 Å². The standard InChI is InChI=1S/C24H24N2O4.ClH/c1-28-23-9-16(12-25-5-2-3-6-25)17-10-20-18-11-22-21(29-14-30-22)8-15(18)4-7-26(20)13-19(17)24(23)27;/h8-11,13H,2-7,12,14H2,1H3;1H. The van der Waals surface area contributed by atoms with Gasteiger partial charge < -0.3 is 31.7 Å². The van der Waals surface area contributed by atoms with E-state index >= 15 is 0 Å². The zero-order chi connectivity index (χ0) is 20.2. The number of hydrogen-bond donors (Lipinski definition) is 1. The third-order valence-corrected chi connectivity index (χ3v) is 6.61. The maximum absolute atomic E-state index is 10.9. The van der Waals surface area contributed by atoms with E-state index < -0.39 is 0 Å². The summed E-state index contributed by atoms with van der Waals surface area (Å²) in [5.41, 5.74) is 4.79. The number of methoxy groups -OCH3 is 1. The van der Waals surface area contributed by atoms with Gasteiger partial charge in [0.1, 0.15) is 0 Å². The molecule has 0 amide bonds. The molecule has 3 aliphatic rings. The van der Waals surface area contributed by atoms with E-state index in [0.29, 0.717) is 5.75 Å². The van der Waals surface area contributed by atoms with Gasteiger partial charge in [0.15, 0.2) is 35.7 Å². The fraction of sp³-hybridized carbons (Fsp3) is 0.375. The Morgan fingerprint density at radius 3 is 2.61 bits per heavy atom. The molecule has 1 aromatic heterocycles. The summed E-state index contributed by atoms with van der Waals surface area (Å²) in [7, 11) is 1.62. The number of pyridine rings is 1. The normalized spacial score (nSPS) is 16.7. The number of phenols is 1. The highest BCUT2D eigenvalue weighted by Crippen LogP contribution is 2.42. The summed E-state index contributed by atoms with van der Waals surface area (Å²) >= 11 is 0. The number of ether oxygens (including phenoxy) is 3. The lowest BCUT2D eigenvalue weighted by Gasteiger charge is -2.20. The number of phenolic OH excluding ortho intramolecular Hbond substituents is 1. The van der Waals surface area contributed by atoms with E-state index in [4.69, 9.17) is 14.2 Å². The molecule has 6 rings (SSSR count). The molecule has 3 aromatic rings. The van der Waals surface area contributed by atoms with Crippen LogP contribution in [0.2, 0.25) is 0 Å². The Morgan fingerprint density at radius 2 is 1.84 bits per heavy atom. The topological polar surface area (TPSA) is 55.0 Å². The third-order valence-electron chi connectivity index (χ3n) is 6.61. The van der Waals surface area contributed by atoms with Crippen LogP contribution in [-0.4, -0.2) is 37.0 Å². The van der Waals surface area contributed by atoms with Crippen molar-refractivity contribution in [2.24, 2.45) is 0 Å². The van der Waals surface area contributed by atoms with Crippen molar-refractivity contribution in [1.82, 2.24) is 4.90 Å². The van der Waals surface area contributed by atoms with Crippen molar-refractivity contribution in [1.29, 1.82) is 0 Å². The molecule has 6 nitrogen and oxygen atoms in total. The molecule has 1 saturated heterocycles. The van der Waals surface area contributed by atoms with Gasteiger partial charge in [-0.3, -0.25) is 4.90 Å². The summed E-state index contributed by atoms with van der Waals surface area (Å²) in [6.07, 6.45) is 5.49. The van der Waals surface area contributed by atoms with Crippen LogP contribution < -0.4 is 31.2 Å². The van der Waals surface area contributed by atoms with Crippen LogP contribution in [-0.2, 0) is 19.5 Å². The first-order valence-corrected chi connectivity index (χ1v) is 10.6. The lowest BCUT2D eigenvalue weighted by atomic mass is 9.94. The van der Waals surface area contributed by atoms with E-state index in [1.54, 1.807) is 7.11 Å². The molecule has 7 heteroatoms.